The topological polar surface area (TPSA) is 51.0 Å². The highest BCUT2D eigenvalue weighted by atomic mass is 35.5. The van der Waals surface area contributed by atoms with Crippen molar-refractivity contribution in [2.45, 2.75) is 25.3 Å². The number of hydrogen-bond donors (Lipinski definition) is 2. The monoisotopic (exact) mass is 252 g/mol. The van der Waals surface area contributed by atoms with Crippen LogP contribution in [0.1, 0.15) is 30.1 Å². The molecule has 0 bridgehead atoms. The van der Waals surface area contributed by atoms with E-state index in [1.807, 2.05) is 6.07 Å². The van der Waals surface area contributed by atoms with Gasteiger partial charge < -0.3 is 15.5 Å². The molecule has 3 nitrogen and oxygen atoms in total. The molecule has 3 rings (SSSR count). The van der Waals surface area contributed by atoms with Crippen molar-refractivity contribution in [2.75, 3.05) is 7.11 Å². The number of H-pyrrole nitrogens is 1. The van der Waals surface area contributed by atoms with Crippen LogP contribution < -0.4 is 10.5 Å². The van der Waals surface area contributed by atoms with Crippen molar-refractivity contribution < 1.29 is 4.74 Å². The normalized spacial score (nSPS) is 18.6. The molecule has 0 radical (unpaired) electrons. The van der Waals surface area contributed by atoms with Crippen LogP contribution in [0, 0.1) is 0 Å². The van der Waals surface area contributed by atoms with Gasteiger partial charge in [0.05, 0.1) is 7.11 Å². The summed E-state index contributed by atoms with van der Waals surface area (Å²) in [4.78, 5) is 3.44. The number of hydrogen-bond acceptors (Lipinski definition) is 2. The molecule has 1 aliphatic carbocycles. The minimum atomic E-state index is 0. The number of methoxy groups -OCH3 is 1. The summed E-state index contributed by atoms with van der Waals surface area (Å²) in [7, 11) is 1.70. The van der Waals surface area contributed by atoms with Gasteiger partial charge in [-0.3, -0.25) is 0 Å². The molecule has 4 heteroatoms. The minimum absolute atomic E-state index is 0. The Morgan fingerprint density at radius 2 is 2.24 bits per heavy atom. The van der Waals surface area contributed by atoms with E-state index in [2.05, 4.69) is 17.1 Å². The van der Waals surface area contributed by atoms with E-state index < -0.39 is 0 Å². The summed E-state index contributed by atoms with van der Waals surface area (Å²) in [5.74, 6) is 0.911. The van der Waals surface area contributed by atoms with Crippen molar-refractivity contribution in [3.8, 4) is 5.75 Å². The van der Waals surface area contributed by atoms with Gasteiger partial charge in [-0.15, -0.1) is 12.4 Å². The minimum Gasteiger partial charge on any atom is -0.497 e. The van der Waals surface area contributed by atoms with Crippen molar-refractivity contribution in [3.63, 3.8) is 0 Å². The number of nitrogens with one attached hydrogen (secondary N) is 1. The molecular weight excluding hydrogens is 236 g/mol. The molecule has 3 N–H and O–H groups in total. The molecule has 0 spiro atoms. The molecule has 92 valence electrons. The number of benzene rings is 1. The van der Waals surface area contributed by atoms with E-state index >= 15 is 0 Å². The first-order chi connectivity index (χ1) is 7.79. The third kappa shape index (κ3) is 1.90. The number of aromatic amines is 1. The van der Waals surface area contributed by atoms with Gasteiger partial charge in [-0.2, -0.15) is 0 Å². The second-order valence-corrected chi connectivity index (χ2v) is 4.43. The van der Waals surface area contributed by atoms with Gasteiger partial charge in [-0.1, -0.05) is 0 Å². The second-order valence-electron chi connectivity index (χ2n) is 4.43. The van der Waals surface area contributed by atoms with Crippen molar-refractivity contribution in [1.82, 2.24) is 4.98 Å². The van der Waals surface area contributed by atoms with Gasteiger partial charge >= 0.3 is 0 Å². The maximum atomic E-state index is 6.12. The van der Waals surface area contributed by atoms with Crippen molar-refractivity contribution in [1.29, 1.82) is 0 Å². The molecule has 1 aliphatic rings. The summed E-state index contributed by atoms with van der Waals surface area (Å²) in [6.07, 6.45) is 3.38. The fourth-order valence-corrected chi connectivity index (χ4v) is 2.60. The zero-order chi connectivity index (χ0) is 11.1. The van der Waals surface area contributed by atoms with Crippen LogP contribution in [0.25, 0.3) is 10.9 Å². The Morgan fingerprint density at radius 3 is 3.00 bits per heavy atom. The highest BCUT2D eigenvalue weighted by Crippen LogP contribution is 2.34. The van der Waals surface area contributed by atoms with E-state index in [9.17, 15) is 0 Å². The van der Waals surface area contributed by atoms with Crippen LogP contribution >= 0.6 is 12.4 Å². The lowest BCUT2D eigenvalue weighted by Gasteiger charge is -2.18. The van der Waals surface area contributed by atoms with Crippen molar-refractivity contribution in [3.05, 3.63) is 29.5 Å². The second kappa shape index (κ2) is 4.59. The quantitative estimate of drug-likeness (QED) is 0.820. The Balaban J connectivity index is 0.00000108. The standard InChI is InChI=1S/C13H16N2O.ClH/c1-16-8-5-6-12-10(7-8)9-3-2-4-11(14)13(9)15-12;/h5-7,11,15H,2-4,14H2,1H3;1H. The van der Waals surface area contributed by atoms with Crippen LogP contribution in [-0.4, -0.2) is 12.1 Å². The van der Waals surface area contributed by atoms with Crippen LogP contribution in [0.5, 0.6) is 5.75 Å². The van der Waals surface area contributed by atoms with Gasteiger partial charge in [-0.25, -0.2) is 0 Å². The predicted octanol–water partition coefficient (Wildman–Crippen LogP) is 2.93. The smallest absolute Gasteiger partial charge is 0.119 e. The van der Waals surface area contributed by atoms with Gasteiger partial charge in [-0.05, 0) is 43.0 Å². The lowest BCUT2D eigenvalue weighted by atomic mass is 9.92. The molecule has 1 unspecified atom stereocenters. The molecule has 0 saturated heterocycles. The Labute approximate surface area is 107 Å². The number of halogens is 1. The van der Waals surface area contributed by atoms with Crippen LogP contribution in [0.4, 0.5) is 0 Å². The third-order valence-corrected chi connectivity index (χ3v) is 3.46. The number of aromatic nitrogens is 1. The summed E-state index contributed by atoms with van der Waals surface area (Å²) in [6.45, 7) is 0. The van der Waals surface area contributed by atoms with Crippen LogP contribution in [0.15, 0.2) is 18.2 Å². The first-order valence-corrected chi connectivity index (χ1v) is 5.73. The van der Waals surface area contributed by atoms with E-state index in [1.54, 1.807) is 7.11 Å². The fraction of sp³-hybridized carbons (Fsp3) is 0.385. The van der Waals surface area contributed by atoms with Crippen molar-refractivity contribution >= 4 is 23.3 Å². The maximum absolute atomic E-state index is 6.12. The summed E-state index contributed by atoms with van der Waals surface area (Å²) in [5, 5.41) is 1.27. The summed E-state index contributed by atoms with van der Waals surface area (Å²) < 4.78 is 5.26. The highest BCUT2D eigenvalue weighted by Gasteiger charge is 2.21. The molecule has 0 saturated carbocycles. The SMILES string of the molecule is COc1ccc2[nH]c3c(c2c1)CCCC3N.Cl. The Hall–Kier alpha value is -1.19. The molecule has 1 aromatic heterocycles. The average molecular weight is 253 g/mol. The zero-order valence-corrected chi connectivity index (χ0v) is 10.6. The van der Waals surface area contributed by atoms with E-state index in [0.717, 1.165) is 18.6 Å². The number of aryl methyl sites for hydroxylation is 1. The molecule has 0 aliphatic heterocycles. The van der Waals surface area contributed by atoms with Crippen LogP contribution in [0.2, 0.25) is 0 Å². The van der Waals surface area contributed by atoms with Crippen LogP contribution in [0.3, 0.4) is 0 Å². The molecule has 1 atom stereocenters. The molecule has 0 fully saturated rings. The maximum Gasteiger partial charge on any atom is 0.119 e. The number of fused-ring (bicyclic) bond motifs is 3. The number of rotatable bonds is 1. The Bertz CT molecular complexity index is 535. The van der Waals surface area contributed by atoms with Gasteiger partial charge in [0, 0.05) is 22.6 Å². The number of ether oxygens (including phenoxy) is 1. The first-order valence-electron chi connectivity index (χ1n) is 5.73. The highest BCUT2D eigenvalue weighted by molar-refractivity contribution is 5.86. The average Bonchev–Trinajstić information content (AvgIpc) is 2.68. The van der Waals surface area contributed by atoms with E-state index in [-0.39, 0.29) is 18.4 Å². The fourth-order valence-electron chi connectivity index (χ4n) is 2.60. The van der Waals surface area contributed by atoms with E-state index in [4.69, 9.17) is 10.5 Å². The third-order valence-electron chi connectivity index (χ3n) is 3.46. The van der Waals surface area contributed by atoms with Crippen molar-refractivity contribution in [2.24, 2.45) is 5.73 Å². The molecular formula is C13H17ClN2O. The molecule has 17 heavy (non-hydrogen) atoms. The van der Waals surface area contributed by atoms with Gasteiger partial charge in [0.2, 0.25) is 0 Å². The predicted molar refractivity (Wildman–Crippen MR) is 72.0 cm³/mol. The molecule has 0 amide bonds. The largest absolute Gasteiger partial charge is 0.497 e. The van der Waals surface area contributed by atoms with E-state index in [1.165, 1.54) is 28.6 Å². The zero-order valence-electron chi connectivity index (χ0n) is 9.82. The summed E-state index contributed by atoms with van der Waals surface area (Å²) in [5.41, 5.74) is 9.89. The lowest BCUT2D eigenvalue weighted by Crippen LogP contribution is -2.16. The molecule has 1 aromatic carbocycles. The molecule has 1 heterocycles. The Morgan fingerprint density at radius 1 is 1.41 bits per heavy atom. The lowest BCUT2D eigenvalue weighted by molar-refractivity contribution is 0.415. The van der Waals surface area contributed by atoms with E-state index in [0.29, 0.717) is 0 Å². The van der Waals surface area contributed by atoms with Crippen LogP contribution in [-0.2, 0) is 6.42 Å². The summed E-state index contributed by atoms with van der Waals surface area (Å²) in [6, 6.07) is 6.32. The van der Waals surface area contributed by atoms with Gasteiger partial charge in [0.25, 0.3) is 0 Å². The summed E-state index contributed by atoms with van der Waals surface area (Å²) >= 11 is 0. The molecule has 2 aromatic rings. The number of nitrogens with two attached hydrogens (primary N) is 1. The Kier molecular flexibility index (Phi) is 3.31. The van der Waals surface area contributed by atoms with Gasteiger partial charge in [0.1, 0.15) is 5.75 Å². The first kappa shape index (κ1) is 12.3. The van der Waals surface area contributed by atoms with Gasteiger partial charge in [0.15, 0.2) is 0 Å².